The molecule has 5 nitrogen and oxygen atoms in total. The summed E-state index contributed by atoms with van der Waals surface area (Å²) >= 11 is 0. The Morgan fingerprint density at radius 3 is 2.50 bits per heavy atom. The molecular formula is C17H25N3O2. The molecule has 1 fully saturated rings. The number of hydrogen-bond acceptors (Lipinski definition) is 3. The zero-order valence-corrected chi connectivity index (χ0v) is 13.6. The van der Waals surface area contributed by atoms with Crippen LogP contribution in [0.25, 0.3) is 0 Å². The molecule has 0 radical (unpaired) electrons. The van der Waals surface area contributed by atoms with Crippen LogP contribution in [0.5, 0.6) is 0 Å². The van der Waals surface area contributed by atoms with Gasteiger partial charge in [0, 0.05) is 43.3 Å². The SMILES string of the molecule is CC(=O)Nc1cccc(C(=O)NC2CCN(C(C)C)CC2)c1. The highest BCUT2D eigenvalue weighted by molar-refractivity contribution is 5.96. The van der Waals surface area contributed by atoms with Gasteiger partial charge in [0.15, 0.2) is 0 Å². The van der Waals surface area contributed by atoms with Gasteiger partial charge >= 0.3 is 0 Å². The lowest BCUT2D eigenvalue weighted by Crippen LogP contribution is -2.46. The Morgan fingerprint density at radius 2 is 1.91 bits per heavy atom. The average Bonchev–Trinajstić information content (AvgIpc) is 2.47. The van der Waals surface area contributed by atoms with E-state index in [4.69, 9.17) is 0 Å². The van der Waals surface area contributed by atoms with Crippen LogP contribution < -0.4 is 10.6 Å². The molecular weight excluding hydrogens is 278 g/mol. The smallest absolute Gasteiger partial charge is 0.251 e. The maximum atomic E-state index is 12.3. The van der Waals surface area contributed by atoms with Gasteiger partial charge in [-0.05, 0) is 44.9 Å². The summed E-state index contributed by atoms with van der Waals surface area (Å²) in [5.41, 5.74) is 1.23. The molecule has 1 aliphatic heterocycles. The molecule has 0 atom stereocenters. The lowest BCUT2D eigenvalue weighted by molar-refractivity contribution is -0.114. The van der Waals surface area contributed by atoms with Crippen LogP contribution in [-0.4, -0.2) is 41.9 Å². The first-order chi connectivity index (χ1) is 10.5. The highest BCUT2D eigenvalue weighted by Gasteiger charge is 2.22. The van der Waals surface area contributed by atoms with Gasteiger partial charge in [0.25, 0.3) is 5.91 Å². The van der Waals surface area contributed by atoms with Crippen molar-refractivity contribution in [3.8, 4) is 0 Å². The Morgan fingerprint density at radius 1 is 1.23 bits per heavy atom. The van der Waals surface area contributed by atoms with Gasteiger partial charge in [-0.2, -0.15) is 0 Å². The van der Waals surface area contributed by atoms with E-state index in [2.05, 4.69) is 29.4 Å². The number of anilines is 1. The standard InChI is InChI=1S/C17H25N3O2/c1-12(2)20-9-7-15(8-10-20)19-17(22)14-5-4-6-16(11-14)18-13(3)21/h4-6,11-12,15H,7-10H2,1-3H3,(H,18,21)(H,19,22). The number of nitrogens with zero attached hydrogens (tertiary/aromatic N) is 1. The van der Waals surface area contributed by atoms with Crippen LogP contribution in [0.4, 0.5) is 5.69 Å². The van der Waals surface area contributed by atoms with E-state index in [1.807, 2.05) is 0 Å². The number of hydrogen-bond donors (Lipinski definition) is 2. The van der Waals surface area contributed by atoms with Gasteiger partial charge in [-0.25, -0.2) is 0 Å². The molecule has 120 valence electrons. The van der Waals surface area contributed by atoms with E-state index in [1.165, 1.54) is 6.92 Å². The van der Waals surface area contributed by atoms with E-state index < -0.39 is 0 Å². The van der Waals surface area contributed by atoms with E-state index in [0.717, 1.165) is 25.9 Å². The molecule has 0 aromatic heterocycles. The van der Waals surface area contributed by atoms with Crippen LogP contribution in [0.15, 0.2) is 24.3 Å². The van der Waals surface area contributed by atoms with Gasteiger partial charge in [-0.3, -0.25) is 9.59 Å². The molecule has 0 spiro atoms. The van der Waals surface area contributed by atoms with Gasteiger partial charge in [0.05, 0.1) is 0 Å². The Kier molecular flexibility index (Phi) is 5.55. The van der Waals surface area contributed by atoms with E-state index in [9.17, 15) is 9.59 Å². The van der Waals surface area contributed by atoms with Crippen molar-refractivity contribution in [2.75, 3.05) is 18.4 Å². The van der Waals surface area contributed by atoms with E-state index in [1.54, 1.807) is 24.3 Å². The molecule has 2 N–H and O–H groups in total. The first-order valence-electron chi connectivity index (χ1n) is 7.88. The van der Waals surface area contributed by atoms with Crippen molar-refractivity contribution >= 4 is 17.5 Å². The number of likely N-dealkylation sites (tertiary alicyclic amines) is 1. The van der Waals surface area contributed by atoms with Gasteiger partial charge in [0.1, 0.15) is 0 Å². The zero-order valence-electron chi connectivity index (χ0n) is 13.6. The Labute approximate surface area is 132 Å². The van der Waals surface area contributed by atoms with Gasteiger partial charge < -0.3 is 15.5 Å². The molecule has 1 saturated heterocycles. The molecule has 22 heavy (non-hydrogen) atoms. The number of nitrogens with one attached hydrogen (secondary N) is 2. The third-order valence-corrected chi connectivity index (χ3v) is 4.04. The van der Waals surface area contributed by atoms with Crippen molar-refractivity contribution in [3.63, 3.8) is 0 Å². The molecule has 1 aromatic carbocycles. The quantitative estimate of drug-likeness (QED) is 0.897. The minimum atomic E-state index is -0.140. The molecule has 0 aliphatic carbocycles. The summed E-state index contributed by atoms with van der Waals surface area (Å²) in [7, 11) is 0. The molecule has 1 aliphatic rings. The highest BCUT2D eigenvalue weighted by Crippen LogP contribution is 2.15. The van der Waals surface area contributed by atoms with Crippen LogP contribution >= 0.6 is 0 Å². The van der Waals surface area contributed by atoms with Crippen molar-refractivity contribution in [3.05, 3.63) is 29.8 Å². The van der Waals surface area contributed by atoms with Crippen LogP contribution in [0.2, 0.25) is 0 Å². The molecule has 0 bridgehead atoms. The molecule has 2 amide bonds. The predicted molar refractivity (Wildman–Crippen MR) is 87.9 cm³/mol. The van der Waals surface area contributed by atoms with Crippen LogP contribution in [-0.2, 0) is 4.79 Å². The molecule has 0 saturated carbocycles. The summed E-state index contributed by atoms with van der Waals surface area (Å²) in [6.07, 6.45) is 1.96. The van der Waals surface area contributed by atoms with E-state index in [-0.39, 0.29) is 17.9 Å². The summed E-state index contributed by atoms with van der Waals surface area (Å²) in [6, 6.07) is 7.82. The van der Waals surface area contributed by atoms with Crippen LogP contribution in [0, 0.1) is 0 Å². The number of carbonyl (C=O) groups excluding carboxylic acids is 2. The summed E-state index contributed by atoms with van der Waals surface area (Å²) in [4.78, 5) is 25.8. The van der Waals surface area contributed by atoms with Gasteiger partial charge in [-0.15, -0.1) is 0 Å². The summed E-state index contributed by atoms with van der Waals surface area (Å²) in [6.45, 7) is 7.90. The van der Waals surface area contributed by atoms with Gasteiger partial charge in [-0.1, -0.05) is 6.07 Å². The van der Waals surface area contributed by atoms with Gasteiger partial charge in [0.2, 0.25) is 5.91 Å². The Hall–Kier alpha value is -1.88. The van der Waals surface area contributed by atoms with Crippen molar-refractivity contribution in [2.24, 2.45) is 0 Å². The molecule has 5 heteroatoms. The zero-order chi connectivity index (χ0) is 16.1. The number of carbonyl (C=O) groups is 2. The fourth-order valence-electron chi connectivity index (χ4n) is 2.77. The van der Waals surface area contributed by atoms with Crippen molar-refractivity contribution in [2.45, 2.75) is 45.7 Å². The third-order valence-electron chi connectivity index (χ3n) is 4.04. The molecule has 1 aromatic rings. The topological polar surface area (TPSA) is 61.4 Å². The second-order valence-corrected chi connectivity index (χ2v) is 6.14. The number of piperidine rings is 1. The van der Waals surface area contributed by atoms with E-state index in [0.29, 0.717) is 17.3 Å². The molecule has 1 heterocycles. The largest absolute Gasteiger partial charge is 0.349 e. The van der Waals surface area contributed by atoms with Crippen molar-refractivity contribution in [1.29, 1.82) is 0 Å². The summed E-state index contributed by atoms with van der Waals surface area (Å²) < 4.78 is 0. The Bertz CT molecular complexity index is 534. The van der Waals surface area contributed by atoms with E-state index >= 15 is 0 Å². The van der Waals surface area contributed by atoms with Crippen LogP contribution in [0.1, 0.15) is 44.0 Å². The predicted octanol–water partition coefficient (Wildman–Crippen LogP) is 2.25. The Balaban J connectivity index is 1.91. The van der Waals surface area contributed by atoms with Crippen LogP contribution in [0.3, 0.4) is 0 Å². The fourth-order valence-corrected chi connectivity index (χ4v) is 2.77. The molecule has 2 rings (SSSR count). The fraction of sp³-hybridized carbons (Fsp3) is 0.529. The number of amides is 2. The maximum absolute atomic E-state index is 12.3. The minimum absolute atomic E-state index is 0.0739. The number of rotatable bonds is 4. The average molecular weight is 303 g/mol. The summed E-state index contributed by atoms with van der Waals surface area (Å²) in [5.74, 6) is -0.214. The second-order valence-electron chi connectivity index (χ2n) is 6.14. The molecule has 0 unspecified atom stereocenters. The number of benzene rings is 1. The summed E-state index contributed by atoms with van der Waals surface area (Å²) in [5, 5.41) is 5.79. The lowest BCUT2D eigenvalue weighted by atomic mass is 10.0. The first kappa shape index (κ1) is 16.5. The maximum Gasteiger partial charge on any atom is 0.251 e. The van der Waals surface area contributed by atoms with Crippen molar-refractivity contribution < 1.29 is 9.59 Å². The monoisotopic (exact) mass is 303 g/mol. The second kappa shape index (κ2) is 7.40. The highest BCUT2D eigenvalue weighted by atomic mass is 16.2. The normalized spacial score (nSPS) is 16.5. The lowest BCUT2D eigenvalue weighted by Gasteiger charge is -2.34. The third kappa shape index (κ3) is 4.56. The first-order valence-corrected chi connectivity index (χ1v) is 7.88. The minimum Gasteiger partial charge on any atom is -0.349 e. The van der Waals surface area contributed by atoms with Crippen molar-refractivity contribution in [1.82, 2.24) is 10.2 Å².